The summed E-state index contributed by atoms with van der Waals surface area (Å²) in [6.07, 6.45) is 0.0540. The fourth-order valence-electron chi connectivity index (χ4n) is 1.86. The van der Waals surface area contributed by atoms with Gasteiger partial charge in [-0.2, -0.15) is 0 Å². The second-order valence-corrected chi connectivity index (χ2v) is 6.43. The molecule has 0 fully saturated rings. The molecule has 0 aliphatic carbocycles. The maximum absolute atomic E-state index is 13.1. The van der Waals surface area contributed by atoms with Gasteiger partial charge in [0.25, 0.3) is 10.0 Å². The lowest BCUT2D eigenvalue weighted by Gasteiger charge is -2.09. The second kappa shape index (κ2) is 6.74. The molecule has 0 aliphatic heterocycles. The van der Waals surface area contributed by atoms with Crippen LogP contribution in [0.3, 0.4) is 0 Å². The molecule has 2 rings (SSSR count). The summed E-state index contributed by atoms with van der Waals surface area (Å²) in [5.41, 5.74) is 0.533. The van der Waals surface area contributed by atoms with Gasteiger partial charge < -0.3 is 9.90 Å². The number of benzene rings is 2. The Labute approximate surface area is 131 Å². The van der Waals surface area contributed by atoms with Gasteiger partial charge >= 0.3 is 0 Å². The summed E-state index contributed by atoms with van der Waals surface area (Å²) in [5, 5.41) is 10.4. The van der Waals surface area contributed by atoms with Crippen molar-refractivity contribution in [3.63, 3.8) is 0 Å². The number of rotatable bonds is 6. The van der Waals surface area contributed by atoms with Crippen molar-refractivity contribution in [1.82, 2.24) is 0 Å². The minimum atomic E-state index is -3.96. The highest BCUT2D eigenvalue weighted by atomic mass is 32.2. The van der Waals surface area contributed by atoms with Gasteiger partial charge in [-0.25, -0.2) is 17.2 Å². The van der Waals surface area contributed by atoms with E-state index in [2.05, 4.69) is 4.72 Å². The van der Waals surface area contributed by atoms with Crippen LogP contribution in [0.5, 0.6) is 0 Å². The van der Waals surface area contributed by atoms with Gasteiger partial charge in [0, 0.05) is 12.0 Å². The van der Waals surface area contributed by atoms with Gasteiger partial charge in [0.05, 0.1) is 10.6 Å². The van der Waals surface area contributed by atoms with E-state index < -0.39 is 27.6 Å². The zero-order valence-electron chi connectivity index (χ0n) is 11.8. The molecular weight excluding hydrogens is 328 g/mol. The van der Waals surface area contributed by atoms with Gasteiger partial charge in [-0.3, -0.25) is 4.72 Å². The number of carbonyl (C=O) groups excluding carboxylic acids is 1. The van der Waals surface area contributed by atoms with E-state index in [1.54, 1.807) is 0 Å². The Balaban J connectivity index is 2.15. The number of halogens is 2. The number of aliphatic carboxylic acids is 1. The van der Waals surface area contributed by atoms with E-state index in [-0.39, 0.29) is 23.4 Å². The molecule has 0 heterocycles. The van der Waals surface area contributed by atoms with E-state index in [4.69, 9.17) is 0 Å². The van der Waals surface area contributed by atoms with Crippen molar-refractivity contribution in [1.29, 1.82) is 0 Å². The van der Waals surface area contributed by atoms with Crippen molar-refractivity contribution in [2.45, 2.75) is 17.7 Å². The topological polar surface area (TPSA) is 86.3 Å². The molecule has 1 N–H and O–H groups in total. The molecule has 0 atom stereocenters. The Morgan fingerprint density at radius 1 is 1.04 bits per heavy atom. The minimum absolute atomic E-state index is 0.0839. The normalized spacial score (nSPS) is 11.2. The summed E-state index contributed by atoms with van der Waals surface area (Å²) < 4.78 is 52.3. The molecule has 2 aromatic rings. The van der Waals surface area contributed by atoms with E-state index in [1.807, 2.05) is 0 Å². The van der Waals surface area contributed by atoms with Gasteiger partial charge in [0.2, 0.25) is 0 Å². The first-order valence-electron chi connectivity index (χ1n) is 6.54. The molecule has 0 amide bonds. The number of sulfonamides is 1. The number of carbonyl (C=O) groups is 1. The second-order valence-electron chi connectivity index (χ2n) is 4.75. The standard InChI is InChI=1S/C15H13F2NO4S/c16-13-7-4-11(9-14(13)17)18-23(21,22)12-5-1-10(2-6-12)3-8-15(19)20/h1-2,4-7,9,18H,3,8H2,(H,19,20)/p-1. The van der Waals surface area contributed by atoms with Crippen LogP contribution in [0, 0.1) is 11.6 Å². The van der Waals surface area contributed by atoms with Gasteiger partial charge in [0.15, 0.2) is 11.6 Å². The van der Waals surface area contributed by atoms with E-state index in [0.29, 0.717) is 5.56 Å². The molecule has 122 valence electrons. The van der Waals surface area contributed by atoms with Crippen LogP contribution in [0.4, 0.5) is 14.5 Å². The smallest absolute Gasteiger partial charge is 0.261 e. The Hall–Kier alpha value is -2.48. The summed E-state index contributed by atoms with van der Waals surface area (Å²) in [7, 11) is -3.96. The van der Waals surface area contributed by atoms with Crippen LogP contribution in [-0.4, -0.2) is 14.4 Å². The molecule has 0 saturated carbocycles. The SMILES string of the molecule is O=C([O-])CCc1ccc(S(=O)(=O)Nc2ccc(F)c(F)c2)cc1. The first-order valence-corrected chi connectivity index (χ1v) is 8.03. The summed E-state index contributed by atoms with van der Waals surface area (Å²) >= 11 is 0. The highest BCUT2D eigenvalue weighted by Crippen LogP contribution is 2.19. The van der Waals surface area contributed by atoms with Crippen molar-refractivity contribution in [2.75, 3.05) is 4.72 Å². The van der Waals surface area contributed by atoms with Crippen LogP contribution in [0.2, 0.25) is 0 Å². The zero-order valence-corrected chi connectivity index (χ0v) is 12.6. The summed E-state index contributed by atoms with van der Waals surface area (Å²) in [6, 6.07) is 8.20. The van der Waals surface area contributed by atoms with Crippen LogP contribution in [0.25, 0.3) is 0 Å². The van der Waals surface area contributed by atoms with Crippen LogP contribution in [0.15, 0.2) is 47.4 Å². The number of anilines is 1. The number of aryl methyl sites for hydroxylation is 1. The minimum Gasteiger partial charge on any atom is -0.550 e. The van der Waals surface area contributed by atoms with Gasteiger partial charge in [-0.1, -0.05) is 12.1 Å². The van der Waals surface area contributed by atoms with Gasteiger partial charge in [-0.05, 0) is 42.7 Å². The average Bonchev–Trinajstić information content (AvgIpc) is 2.49. The number of carboxylic acid groups (broad SMARTS) is 1. The molecule has 8 heteroatoms. The quantitative estimate of drug-likeness (QED) is 0.862. The lowest BCUT2D eigenvalue weighted by atomic mass is 10.1. The molecule has 0 unspecified atom stereocenters. The fraction of sp³-hybridized carbons (Fsp3) is 0.133. The van der Waals surface area contributed by atoms with Crippen molar-refractivity contribution in [3.8, 4) is 0 Å². The molecule has 5 nitrogen and oxygen atoms in total. The zero-order chi connectivity index (χ0) is 17.0. The van der Waals surface area contributed by atoms with Gasteiger partial charge in [-0.15, -0.1) is 0 Å². The molecule has 23 heavy (non-hydrogen) atoms. The Kier molecular flexibility index (Phi) is 4.95. The molecular formula is C15H12F2NO4S-. The third-order valence-corrected chi connectivity index (χ3v) is 4.42. The first-order chi connectivity index (χ1) is 10.8. The highest BCUT2D eigenvalue weighted by Gasteiger charge is 2.15. The van der Waals surface area contributed by atoms with Crippen molar-refractivity contribution >= 4 is 21.7 Å². The maximum atomic E-state index is 13.1. The average molecular weight is 340 g/mol. The third kappa shape index (κ3) is 4.49. The van der Waals surface area contributed by atoms with Crippen molar-refractivity contribution in [2.24, 2.45) is 0 Å². The molecule has 0 aromatic heterocycles. The monoisotopic (exact) mass is 340 g/mol. The largest absolute Gasteiger partial charge is 0.550 e. The summed E-state index contributed by atoms with van der Waals surface area (Å²) in [4.78, 5) is 10.3. The van der Waals surface area contributed by atoms with E-state index in [1.165, 1.54) is 24.3 Å². The Bertz CT molecular complexity index is 820. The number of hydrogen-bond donors (Lipinski definition) is 1. The lowest BCUT2D eigenvalue weighted by molar-refractivity contribution is -0.305. The lowest BCUT2D eigenvalue weighted by Crippen LogP contribution is -2.22. The molecule has 0 saturated heterocycles. The molecule has 0 radical (unpaired) electrons. The Morgan fingerprint density at radius 3 is 2.26 bits per heavy atom. The predicted molar refractivity (Wildman–Crippen MR) is 76.9 cm³/mol. The fourth-order valence-corrected chi connectivity index (χ4v) is 2.90. The Morgan fingerprint density at radius 2 is 1.70 bits per heavy atom. The number of nitrogens with one attached hydrogen (secondary N) is 1. The van der Waals surface area contributed by atoms with Crippen LogP contribution in [-0.2, 0) is 21.2 Å². The summed E-state index contributed by atoms with van der Waals surface area (Å²) in [6.45, 7) is 0. The third-order valence-electron chi connectivity index (χ3n) is 3.02. The molecule has 0 aliphatic rings. The van der Waals surface area contributed by atoms with E-state index >= 15 is 0 Å². The summed E-state index contributed by atoms with van der Waals surface area (Å²) in [5.74, 6) is -3.44. The molecule has 0 bridgehead atoms. The van der Waals surface area contributed by atoms with Crippen LogP contribution in [0.1, 0.15) is 12.0 Å². The van der Waals surface area contributed by atoms with Crippen LogP contribution >= 0.6 is 0 Å². The van der Waals surface area contributed by atoms with E-state index in [0.717, 1.165) is 18.2 Å². The first kappa shape index (κ1) is 16.9. The predicted octanol–water partition coefficient (Wildman–Crippen LogP) is 1.45. The van der Waals surface area contributed by atoms with Crippen molar-refractivity contribution in [3.05, 3.63) is 59.7 Å². The highest BCUT2D eigenvalue weighted by molar-refractivity contribution is 7.92. The number of carboxylic acids is 1. The van der Waals surface area contributed by atoms with Crippen LogP contribution < -0.4 is 9.83 Å². The molecule has 0 spiro atoms. The maximum Gasteiger partial charge on any atom is 0.261 e. The van der Waals surface area contributed by atoms with Gasteiger partial charge in [0.1, 0.15) is 0 Å². The van der Waals surface area contributed by atoms with Crippen molar-refractivity contribution < 1.29 is 27.1 Å². The molecule has 2 aromatic carbocycles. The number of hydrogen-bond acceptors (Lipinski definition) is 4. The van der Waals surface area contributed by atoms with E-state index in [9.17, 15) is 27.1 Å².